The zero-order valence-corrected chi connectivity index (χ0v) is 29.4. The van der Waals surface area contributed by atoms with E-state index in [1.54, 1.807) is 5.56 Å². The summed E-state index contributed by atoms with van der Waals surface area (Å²) in [6, 6.07) is 35.7. The van der Waals surface area contributed by atoms with Gasteiger partial charge >= 0.3 is 0 Å². The Balaban J connectivity index is 1.17. The van der Waals surface area contributed by atoms with Crippen molar-refractivity contribution < 1.29 is 0 Å². The molecule has 250 valence electrons. The third kappa shape index (κ3) is 5.85. The lowest BCUT2D eigenvalue weighted by Crippen LogP contribution is -2.39. The summed E-state index contributed by atoms with van der Waals surface area (Å²) in [7, 11) is 0. The van der Waals surface area contributed by atoms with Crippen molar-refractivity contribution in [3.8, 4) is 40.0 Å². The van der Waals surface area contributed by atoms with E-state index in [9.17, 15) is 5.26 Å². The average molecular weight is 663 g/mol. The molecule has 2 bridgehead atoms. The fraction of sp³-hybridized carbons (Fsp3) is 0.277. The van der Waals surface area contributed by atoms with Gasteiger partial charge in [-0.25, -0.2) is 15.0 Å². The van der Waals surface area contributed by atoms with E-state index in [1.807, 2.05) is 30.3 Å². The van der Waals surface area contributed by atoms with Gasteiger partial charge in [-0.1, -0.05) is 105 Å². The first-order chi connectivity index (χ1) is 24.9. The molecule has 9 rings (SSSR count). The average Bonchev–Trinajstić information content (AvgIpc) is 3.17. The number of hydrogen-bond donors (Lipinski definition) is 0. The Morgan fingerprint density at radius 2 is 1.35 bits per heavy atom. The van der Waals surface area contributed by atoms with Crippen LogP contribution in [0.25, 0.3) is 45.6 Å². The molecular formula is C47H42N4. The van der Waals surface area contributed by atoms with E-state index in [4.69, 9.17) is 15.0 Å². The maximum atomic E-state index is 9.46. The maximum Gasteiger partial charge on any atom is 0.164 e. The molecule has 4 aromatic carbocycles. The SMILES string of the molecule is C[C@H]1CC2C[C@H](C1)CC(C)(c1cccc3c1C1CC=CC(c4nc(-c5ccc(C#N)cc5)nc(-c5cccc(-c6ccccc6)c5)n4)=C1C=C3)C2. The van der Waals surface area contributed by atoms with Crippen molar-refractivity contribution in [2.45, 2.75) is 63.7 Å². The highest BCUT2D eigenvalue weighted by molar-refractivity contribution is 5.83. The highest BCUT2D eigenvalue weighted by atomic mass is 15.0. The van der Waals surface area contributed by atoms with Gasteiger partial charge in [0.05, 0.1) is 11.6 Å². The number of allylic oxidation sites excluding steroid dienone is 5. The van der Waals surface area contributed by atoms with E-state index in [-0.39, 0.29) is 11.3 Å². The number of nitrogens with zero attached hydrogens (tertiary/aromatic N) is 4. The van der Waals surface area contributed by atoms with E-state index < -0.39 is 0 Å². The van der Waals surface area contributed by atoms with Crippen LogP contribution in [-0.4, -0.2) is 15.0 Å². The second-order valence-electron chi connectivity index (χ2n) is 15.7. The molecule has 4 aliphatic carbocycles. The van der Waals surface area contributed by atoms with Crippen LogP contribution >= 0.6 is 0 Å². The third-order valence-corrected chi connectivity index (χ3v) is 11.9. The van der Waals surface area contributed by atoms with Gasteiger partial charge in [0, 0.05) is 22.6 Å². The molecule has 0 saturated heterocycles. The molecule has 0 spiro atoms. The molecule has 2 saturated carbocycles. The number of hydrogen-bond acceptors (Lipinski definition) is 4. The second kappa shape index (κ2) is 12.7. The van der Waals surface area contributed by atoms with Gasteiger partial charge in [-0.3, -0.25) is 0 Å². The lowest BCUT2D eigenvalue weighted by molar-refractivity contribution is 0.0893. The smallest absolute Gasteiger partial charge is 0.164 e. The summed E-state index contributed by atoms with van der Waals surface area (Å²) >= 11 is 0. The fourth-order valence-electron chi connectivity index (χ4n) is 9.96. The minimum Gasteiger partial charge on any atom is -0.208 e. The van der Waals surface area contributed by atoms with Crippen LogP contribution in [0.1, 0.15) is 86.4 Å². The molecule has 4 nitrogen and oxygen atoms in total. The molecular weight excluding hydrogens is 621 g/mol. The van der Waals surface area contributed by atoms with Crippen LogP contribution in [0.3, 0.4) is 0 Å². The number of nitriles is 1. The van der Waals surface area contributed by atoms with Crippen LogP contribution in [0.2, 0.25) is 0 Å². The van der Waals surface area contributed by atoms with Crippen molar-refractivity contribution in [2.24, 2.45) is 17.8 Å². The maximum absolute atomic E-state index is 9.46. The molecule has 4 heteroatoms. The molecule has 0 amide bonds. The van der Waals surface area contributed by atoms with Crippen LogP contribution in [0.15, 0.2) is 121 Å². The van der Waals surface area contributed by atoms with Crippen LogP contribution in [0.4, 0.5) is 0 Å². The summed E-state index contributed by atoms with van der Waals surface area (Å²) in [5.41, 5.74) is 11.6. The number of benzene rings is 4. The summed E-state index contributed by atoms with van der Waals surface area (Å²) in [4.78, 5) is 15.4. The Kier molecular flexibility index (Phi) is 7.88. The zero-order valence-electron chi connectivity index (χ0n) is 29.4. The molecule has 1 aromatic heterocycles. The lowest BCUT2D eigenvalue weighted by Gasteiger charge is -2.49. The topological polar surface area (TPSA) is 62.5 Å². The van der Waals surface area contributed by atoms with Crippen LogP contribution in [0.5, 0.6) is 0 Å². The predicted molar refractivity (Wildman–Crippen MR) is 206 cm³/mol. The Bertz CT molecular complexity index is 2250. The molecule has 2 fully saturated rings. The van der Waals surface area contributed by atoms with Gasteiger partial charge < -0.3 is 0 Å². The Morgan fingerprint density at radius 1 is 0.667 bits per heavy atom. The molecule has 51 heavy (non-hydrogen) atoms. The second-order valence-corrected chi connectivity index (χ2v) is 15.7. The number of rotatable bonds is 5. The van der Waals surface area contributed by atoms with E-state index in [0.29, 0.717) is 23.0 Å². The molecule has 0 N–H and O–H groups in total. The van der Waals surface area contributed by atoms with E-state index >= 15 is 0 Å². The van der Waals surface area contributed by atoms with Crippen LogP contribution in [-0.2, 0) is 5.41 Å². The number of aromatic nitrogens is 3. The van der Waals surface area contributed by atoms with Crippen molar-refractivity contribution in [3.63, 3.8) is 0 Å². The van der Waals surface area contributed by atoms with Crippen molar-refractivity contribution in [2.75, 3.05) is 0 Å². The fourth-order valence-corrected chi connectivity index (χ4v) is 9.96. The lowest BCUT2D eigenvalue weighted by atomic mass is 9.56. The molecule has 1 heterocycles. The predicted octanol–water partition coefficient (Wildman–Crippen LogP) is 11.4. The van der Waals surface area contributed by atoms with Crippen LogP contribution < -0.4 is 0 Å². The highest BCUT2D eigenvalue weighted by Gasteiger charge is 2.44. The Labute approximate surface area is 301 Å². The Hall–Kier alpha value is -5.40. The molecule has 3 unspecified atom stereocenters. The van der Waals surface area contributed by atoms with Gasteiger partial charge in [-0.2, -0.15) is 5.26 Å². The van der Waals surface area contributed by atoms with E-state index in [1.165, 1.54) is 48.8 Å². The minimum atomic E-state index is 0.184. The molecule has 4 aliphatic rings. The quantitative estimate of drug-likeness (QED) is 0.188. The molecule has 5 atom stereocenters. The van der Waals surface area contributed by atoms with Crippen molar-refractivity contribution in [3.05, 3.63) is 149 Å². The van der Waals surface area contributed by atoms with Gasteiger partial charge in [0.25, 0.3) is 0 Å². The summed E-state index contributed by atoms with van der Waals surface area (Å²) in [6.45, 7) is 5.02. The minimum absolute atomic E-state index is 0.184. The molecule has 0 aliphatic heterocycles. The van der Waals surface area contributed by atoms with E-state index in [0.717, 1.165) is 52.0 Å². The van der Waals surface area contributed by atoms with Crippen molar-refractivity contribution >= 4 is 11.6 Å². The molecule has 0 radical (unpaired) electrons. The normalized spacial score (nSPS) is 24.8. The van der Waals surface area contributed by atoms with Gasteiger partial charge in [-0.05, 0) is 125 Å². The summed E-state index contributed by atoms with van der Waals surface area (Å²) in [6.07, 6.45) is 16.9. The monoisotopic (exact) mass is 662 g/mol. The first kappa shape index (κ1) is 31.6. The standard InChI is InChI=1S/C47H42N4/c1-30-23-32-25-33(24-30)28-47(2,27-32)42-16-7-11-35-21-22-39-40(43(35)42)14-8-15-41(39)46-50-44(36-19-17-31(29-48)18-20-36)49-45(51-46)38-13-6-12-37(26-38)34-9-4-3-5-10-34/h3-13,15-22,26,30,32-33,40H,14,23-25,27-28H2,1-2H3/t30-,32+,33?,40?,47?/m1/s1. The largest absolute Gasteiger partial charge is 0.208 e. The van der Waals surface area contributed by atoms with Crippen LogP contribution in [0, 0.1) is 29.1 Å². The Morgan fingerprint density at radius 3 is 2.12 bits per heavy atom. The van der Waals surface area contributed by atoms with Gasteiger partial charge in [0.15, 0.2) is 17.5 Å². The summed E-state index contributed by atoms with van der Waals surface area (Å²) in [5, 5.41) is 9.46. The van der Waals surface area contributed by atoms with Crippen molar-refractivity contribution in [1.82, 2.24) is 15.0 Å². The van der Waals surface area contributed by atoms with E-state index in [2.05, 4.69) is 111 Å². The first-order valence-corrected chi connectivity index (χ1v) is 18.6. The van der Waals surface area contributed by atoms with Gasteiger partial charge in [0.1, 0.15) is 0 Å². The summed E-state index contributed by atoms with van der Waals surface area (Å²) in [5.74, 6) is 4.67. The molecule has 5 aromatic rings. The highest BCUT2D eigenvalue weighted by Crippen LogP contribution is 2.55. The zero-order chi connectivity index (χ0) is 34.5. The third-order valence-electron chi connectivity index (χ3n) is 11.9. The van der Waals surface area contributed by atoms with Gasteiger partial charge in [-0.15, -0.1) is 0 Å². The van der Waals surface area contributed by atoms with Gasteiger partial charge in [0.2, 0.25) is 0 Å². The summed E-state index contributed by atoms with van der Waals surface area (Å²) < 4.78 is 0. The first-order valence-electron chi connectivity index (χ1n) is 18.6. The van der Waals surface area contributed by atoms with Crippen molar-refractivity contribution in [1.29, 1.82) is 5.26 Å². The number of fused-ring (bicyclic) bond motifs is 5.